The number of halogens is 1. The van der Waals surface area contributed by atoms with Crippen LogP contribution < -0.4 is 5.73 Å². The van der Waals surface area contributed by atoms with Gasteiger partial charge >= 0.3 is 0 Å². The van der Waals surface area contributed by atoms with E-state index in [2.05, 4.69) is 4.84 Å². The minimum Gasteiger partial charge on any atom is -0.330 e. The highest BCUT2D eigenvalue weighted by molar-refractivity contribution is 5.85. The Morgan fingerprint density at radius 1 is 1.47 bits per heavy atom. The molecular weight excluding hydrogens is 220 g/mol. The quantitative estimate of drug-likeness (QED) is 0.598. The topological polar surface area (TPSA) is 78.4 Å². The Labute approximate surface area is 95.9 Å². The molecule has 6 heteroatoms. The molecule has 0 saturated heterocycles. The minimum atomic E-state index is -0.695. The summed E-state index contributed by atoms with van der Waals surface area (Å²) in [5.41, 5.74) is 5.57. The van der Waals surface area contributed by atoms with Crippen LogP contribution in [0, 0.1) is 22.0 Å². The van der Waals surface area contributed by atoms with Crippen molar-refractivity contribution in [2.45, 2.75) is 38.7 Å². The van der Waals surface area contributed by atoms with Gasteiger partial charge in [-0.25, -0.2) is 0 Å². The number of nitrogens with two attached hydrogens (primary N) is 1. The predicted octanol–water partition coefficient (Wildman–Crippen LogP) is 1.77. The minimum absolute atomic E-state index is 0. The van der Waals surface area contributed by atoms with Crippen LogP contribution in [0.1, 0.15) is 32.6 Å². The van der Waals surface area contributed by atoms with Crippen LogP contribution in [0.15, 0.2) is 0 Å². The lowest BCUT2D eigenvalue weighted by atomic mass is 9.80. The molecule has 0 bridgehead atoms. The van der Waals surface area contributed by atoms with E-state index in [-0.39, 0.29) is 18.5 Å². The maximum Gasteiger partial charge on any atom is 0.294 e. The van der Waals surface area contributed by atoms with E-state index in [0.29, 0.717) is 11.8 Å². The van der Waals surface area contributed by atoms with Gasteiger partial charge < -0.3 is 10.6 Å². The smallest absolute Gasteiger partial charge is 0.294 e. The summed E-state index contributed by atoms with van der Waals surface area (Å²) in [4.78, 5) is 14.7. The van der Waals surface area contributed by atoms with E-state index in [4.69, 9.17) is 5.73 Å². The van der Waals surface area contributed by atoms with Crippen LogP contribution in [0.5, 0.6) is 0 Å². The second-order valence-electron chi connectivity index (χ2n) is 4.05. The zero-order valence-corrected chi connectivity index (χ0v) is 9.74. The van der Waals surface area contributed by atoms with Gasteiger partial charge in [-0.2, -0.15) is 0 Å². The largest absolute Gasteiger partial charge is 0.330 e. The van der Waals surface area contributed by atoms with Crippen molar-refractivity contribution in [3.8, 4) is 0 Å². The molecule has 0 aromatic carbocycles. The Balaban J connectivity index is 0.00000196. The van der Waals surface area contributed by atoms with Crippen LogP contribution >= 0.6 is 12.4 Å². The number of rotatable bonds is 4. The average Bonchev–Trinajstić information content (AvgIpc) is 2.17. The molecule has 0 aromatic rings. The first kappa shape index (κ1) is 14.5. The predicted molar refractivity (Wildman–Crippen MR) is 59.3 cm³/mol. The number of hydrogen-bond acceptors (Lipinski definition) is 4. The van der Waals surface area contributed by atoms with Crippen molar-refractivity contribution in [1.29, 1.82) is 0 Å². The summed E-state index contributed by atoms with van der Waals surface area (Å²) in [7, 11) is 0. The third-order valence-corrected chi connectivity index (χ3v) is 3.14. The molecule has 1 aliphatic carbocycles. The fourth-order valence-electron chi connectivity index (χ4n) is 2.12. The summed E-state index contributed by atoms with van der Waals surface area (Å²) in [6.45, 7) is 2.51. The van der Waals surface area contributed by atoms with Gasteiger partial charge in [-0.15, -0.1) is 22.5 Å². The van der Waals surface area contributed by atoms with Crippen LogP contribution in [0.2, 0.25) is 0 Å². The highest BCUT2D eigenvalue weighted by Crippen LogP contribution is 2.31. The molecular formula is C9H19ClN2O3. The lowest BCUT2D eigenvalue weighted by molar-refractivity contribution is -0.769. The summed E-state index contributed by atoms with van der Waals surface area (Å²) in [6.07, 6.45) is 3.87. The Kier molecular flexibility index (Phi) is 6.60. The van der Waals surface area contributed by atoms with Crippen LogP contribution in [0.3, 0.4) is 0 Å². The van der Waals surface area contributed by atoms with Crippen LogP contribution in [-0.4, -0.2) is 17.7 Å². The molecule has 15 heavy (non-hydrogen) atoms. The lowest BCUT2D eigenvalue weighted by Crippen LogP contribution is -2.29. The molecule has 0 aliphatic heterocycles. The zero-order chi connectivity index (χ0) is 10.6. The Hall–Kier alpha value is -0.550. The van der Waals surface area contributed by atoms with Gasteiger partial charge in [0.2, 0.25) is 0 Å². The molecule has 1 aliphatic rings. The summed E-state index contributed by atoms with van der Waals surface area (Å²) < 4.78 is 0. The van der Waals surface area contributed by atoms with E-state index in [0.717, 1.165) is 32.2 Å². The van der Waals surface area contributed by atoms with Gasteiger partial charge in [0.15, 0.2) is 0 Å². The Bertz CT molecular complexity index is 196. The standard InChI is InChI=1S/C9H18N2O3.ClH/c1-7(14-11(12)13)9-4-2-8(6-10)3-5-9;/h7-9H,2-6,10H2,1H3;1H. The lowest BCUT2D eigenvalue weighted by Gasteiger charge is -2.30. The second-order valence-corrected chi connectivity index (χ2v) is 4.05. The van der Waals surface area contributed by atoms with Crippen molar-refractivity contribution in [3.63, 3.8) is 0 Å². The van der Waals surface area contributed by atoms with E-state index >= 15 is 0 Å². The van der Waals surface area contributed by atoms with Crippen molar-refractivity contribution >= 4 is 12.4 Å². The summed E-state index contributed by atoms with van der Waals surface area (Å²) in [6, 6.07) is 0. The van der Waals surface area contributed by atoms with E-state index in [9.17, 15) is 10.1 Å². The Morgan fingerprint density at radius 2 is 2.00 bits per heavy atom. The van der Waals surface area contributed by atoms with Gasteiger partial charge in [-0.3, -0.25) is 0 Å². The zero-order valence-electron chi connectivity index (χ0n) is 8.93. The van der Waals surface area contributed by atoms with Crippen molar-refractivity contribution in [2.24, 2.45) is 17.6 Å². The van der Waals surface area contributed by atoms with Gasteiger partial charge in [0, 0.05) is 0 Å². The molecule has 1 rings (SSSR count). The second kappa shape index (κ2) is 6.85. The molecule has 0 heterocycles. The van der Waals surface area contributed by atoms with Gasteiger partial charge in [0.1, 0.15) is 6.10 Å². The molecule has 1 atom stereocenters. The van der Waals surface area contributed by atoms with Gasteiger partial charge in [0.05, 0.1) is 0 Å². The van der Waals surface area contributed by atoms with Crippen molar-refractivity contribution in [1.82, 2.24) is 0 Å². The van der Waals surface area contributed by atoms with Crippen molar-refractivity contribution < 1.29 is 9.92 Å². The van der Waals surface area contributed by atoms with E-state index in [1.165, 1.54) is 0 Å². The van der Waals surface area contributed by atoms with E-state index in [1.54, 1.807) is 6.92 Å². The molecule has 1 saturated carbocycles. The first-order valence-electron chi connectivity index (χ1n) is 5.14. The highest BCUT2D eigenvalue weighted by Gasteiger charge is 2.26. The van der Waals surface area contributed by atoms with E-state index < -0.39 is 5.09 Å². The van der Waals surface area contributed by atoms with Crippen LogP contribution in [0.4, 0.5) is 0 Å². The third kappa shape index (κ3) is 4.66. The molecule has 1 unspecified atom stereocenters. The van der Waals surface area contributed by atoms with Gasteiger partial charge in [-0.1, -0.05) is 0 Å². The van der Waals surface area contributed by atoms with Crippen LogP contribution in [0.25, 0.3) is 0 Å². The van der Waals surface area contributed by atoms with Gasteiger partial charge in [0.25, 0.3) is 5.09 Å². The highest BCUT2D eigenvalue weighted by atomic mass is 35.5. The SMILES string of the molecule is CC(O[N+](=O)[O-])C1CCC(CN)CC1.Cl. The maximum absolute atomic E-state index is 10.1. The first-order valence-corrected chi connectivity index (χ1v) is 5.14. The maximum atomic E-state index is 10.1. The number of hydrogen-bond donors (Lipinski definition) is 1. The molecule has 2 N–H and O–H groups in total. The molecule has 0 radical (unpaired) electrons. The molecule has 90 valence electrons. The number of nitrogens with zero attached hydrogens (tertiary/aromatic N) is 1. The molecule has 0 aromatic heterocycles. The van der Waals surface area contributed by atoms with Crippen molar-refractivity contribution in [2.75, 3.05) is 6.54 Å². The Morgan fingerprint density at radius 3 is 2.40 bits per heavy atom. The fraction of sp³-hybridized carbons (Fsp3) is 1.00. The van der Waals surface area contributed by atoms with Gasteiger partial charge in [-0.05, 0) is 51.0 Å². The average molecular weight is 239 g/mol. The monoisotopic (exact) mass is 238 g/mol. The fourth-order valence-corrected chi connectivity index (χ4v) is 2.12. The third-order valence-electron chi connectivity index (χ3n) is 3.14. The summed E-state index contributed by atoms with van der Waals surface area (Å²) in [5, 5.41) is 9.44. The molecule has 0 spiro atoms. The molecule has 1 fully saturated rings. The summed E-state index contributed by atoms with van der Waals surface area (Å²) in [5.74, 6) is 0.928. The normalized spacial score (nSPS) is 27.6. The van der Waals surface area contributed by atoms with E-state index in [1.807, 2.05) is 0 Å². The first-order chi connectivity index (χ1) is 6.63. The summed E-state index contributed by atoms with van der Waals surface area (Å²) >= 11 is 0. The van der Waals surface area contributed by atoms with Crippen LogP contribution in [-0.2, 0) is 4.84 Å². The molecule has 5 nitrogen and oxygen atoms in total. The molecule has 0 amide bonds. The van der Waals surface area contributed by atoms with Crippen molar-refractivity contribution in [3.05, 3.63) is 10.1 Å².